The summed E-state index contributed by atoms with van der Waals surface area (Å²) in [5, 5.41) is 25.2. The van der Waals surface area contributed by atoms with Crippen LogP contribution in [0, 0.1) is 11.2 Å². The quantitative estimate of drug-likeness (QED) is 0.483. The van der Waals surface area contributed by atoms with Crippen LogP contribution in [0.3, 0.4) is 0 Å². The molecule has 1 aromatic heterocycles. The normalized spacial score (nSPS) is 13.4. The zero-order valence-corrected chi connectivity index (χ0v) is 16.1. The molecule has 1 unspecified atom stereocenters. The topological polar surface area (TPSA) is 73.9 Å². The van der Waals surface area contributed by atoms with Crippen molar-refractivity contribution in [3.05, 3.63) is 51.5 Å². The Labute approximate surface area is 155 Å². The molecule has 1 atom stereocenters. The van der Waals surface area contributed by atoms with Gasteiger partial charge in [0.1, 0.15) is 5.82 Å². The van der Waals surface area contributed by atoms with Crippen molar-refractivity contribution < 1.29 is 9.50 Å². The minimum absolute atomic E-state index is 0.390. The first-order valence-corrected chi connectivity index (χ1v) is 8.80. The number of halogens is 2. The lowest BCUT2D eigenvalue weighted by molar-refractivity contribution is 0.199. The van der Waals surface area contributed by atoms with E-state index in [1.165, 1.54) is 18.3 Å². The molecule has 0 aliphatic heterocycles. The van der Waals surface area contributed by atoms with Crippen LogP contribution >= 0.6 is 15.9 Å². The first-order valence-electron chi connectivity index (χ1n) is 8.00. The second kappa shape index (κ2) is 8.40. The van der Waals surface area contributed by atoms with Gasteiger partial charge in [0.05, 0.1) is 22.6 Å². The summed E-state index contributed by atoms with van der Waals surface area (Å²) >= 11 is 3.46. The maximum Gasteiger partial charge on any atom is 0.123 e. The number of aliphatic hydroxyl groups excluding tert-OH is 1. The lowest BCUT2D eigenvalue weighted by Gasteiger charge is -2.15. The molecule has 5 nitrogen and oxygen atoms in total. The van der Waals surface area contributed by atoms with Gasteiger partial charge in [0.25, 0.3) is 0 Å². The average Bonchev–Trinajstić information content (AvgIpc) is 2.93. The van der Waals surface area contributed by atoms with Crippen LogP contribution in [0.15, 0.2) is 34.6 Å². The average molecular weight is 409 g/mol. The molecule has 0 radical (unpaired) electrons. The number of rotatable bonds is 7. The van der Waals surface area contributed by atoms with E-state index in [0.29, 0.717) is 12.0 Å². The van der Waals surface area contributed by atoms with Gasteiger partial charge in [0, 0.05) is 42.9 Å². The Bertz CT molecular complexity index is 798. The van der Waals surface area contributed by atoms with Crippen molar-refractivity contribution >= 4 is 22.1 Å². The number of nitrogens with zero attached hydrogens (tertiary/aromatic N) is 2. The van der Waals surface area contributed by atoms with Crippen LogP contribution in [0.1, 0.15) is 31.1 Å². The summed E-state index contributed by atoms with van der Waals surface area (Å²) in [5.74, 6) is -0.390. The first kappa shape index (κ1) is 19.3. The fourth-order valence-corrected chi connectivity index (χ4v) is 3.26. The molecule has 0 fully saturated rings. The highest BCUT2D eigenvalue weighted by molar-refractivity contribution is 9.11. The molecule has 0 aliphatic rings. The SMILES string of the molecule is CCN/C(Br)=C(\C=N)Cc1cnn(C)c1-c1ccc(F)cc1C(C)O. The summed E-state index contributed by atoms with van der Waals surface area (Å²) in [6.07, 6.45) is 2.71. The van der Waals surface area contributed by atoms with Crippen LogP contribution in [0.5, 0.6) is 0 Å². The molecule has 134 valence electrons. The number of aryl methyl sites for hydroxylation is 1. The molecule has 0 saturated heterocycles. The van der Waals surface area contributed by atoms with Gasteiger partial charge in [-0.3, -0.25) is 4.68 Å². The lowest BCUT2D eigenvalue weighted by Crippen LogP contribution is -2.11. The Morgan fingerprint density at radius 3 is 2.84 bits per heavy atom. The number of benzene rings is 1. The van der Waals surface area contributed by atoms with Crippen molar-refractivity contribution in [2.75, 3.05) is 6.54 Å². The van der Waals surface area contributed by atoms with Crippen LogP contribution in [-0.2, 0) is 13.5 Å². The minimum Gasteiger partial charge on any atom is -0.389 e. The van der Waals surface area contributed by atoms with Crippen LogP contribution in [0.4, 0.5) is 4.39 Å². The Balaban J connectivity index is 2.54. The van der Waals surface area contributed by atoms with Crippen LogP contribution in [-0.4, -0.2) is 27.6 Å². The van der Waals surface area contributed by atoms with Gasteiger partial charge in [0.15, 0.2) is 0 Å². The Hall–Kier alpha value is -1.99. The zero-order chi connectivity index (χ0) is 18.6. The highest BCUT2D eigenvalue weighted by Gasteiger charge is 2.19. The molecule has 0 aliphatic carbocycles. The monoisotopic (exact) mass is 408 g/mol. The summed E-state index contributed by atoms with van der Waals surface area (Å²) in [6.45, 7) is 4.33. The summed E-state index contributed by atoms with van der Waals surface area (Å²) in [6, 6.07) is 4.38. The van der Waals surface area contributed by atoms with Gasteiger partial charge in [-0.15, -0.1) is 0 Å². The third kappa shape index (κ3) is 4.35. The van der Waals surface area contributed by atoms with E-state index in [-0.39, 0.29) is 0 Å². The van der Waals surface area contributed by atoms with Crippen molar-refractivity contribution in [1.82, 2.24) is 15.1 Å². The fraction of sp³-hybridized carbons (Fsp3) is 0.333. The van der Waals surface area contributed by atoms with Crippen LogP contribution in [0.25, 0.3) is 11.3 Å². The second-order valence-corrected chi connectivity index (χ2v) is 6.53. The molecule has 0 amide bonds. The standard InChI is InChI=1S/C18H22BrFN4O/c1-4-22-18(19)12(9-21)7-13-10-23-24(3)17(13)15-6-5-14(20)8-16(15)11(2)25/h5-6,8-11,21-22,25H,4,7H2,1-3H3/b18-12-,21-9?. The van der Waals surface area contributed by atoms with E-state index in [1.807, 2.05) is 6.92 Å². The highest BCUT2D eigenvalue weighted by Crippen LogP contribution is 2.32. The Kier molecular flexibility index (Phi) is 6.50. The predicted octanol–water partition coefficient (Wildman–Crippen LogP) is 3.69. The number of aliphatic hydroxyl groups is 1. The summed E-state index contributed by atoms with van der Waals surface area (Å²) < 4.78 is 16.1. The largest absolute Gasteiger partial charge is 0.389 e. The minimum atomic E-state index is -0.806. The van der Waals surface area contributed by atoms with E-state index in [4.69, 9.17) is 5.41 Å². The molecular formula is C18H22BrFN4O. The summed E-state index contributed by atoms with van der Waals surface area (Å²) in [5.41, 5.74) is 3.71. The number of hydrogen-bond acceptors (Lipinski definition) is 4. The molecule has 0 bridgehead atoms. The highest BCUT2D eigenvalue weighted by atomic mass is 79.9. The van der Waals surface area contributed by atoms with Gasteiger partial charge < -0.3 is 15.8 Å². The van der Waals surface area contributed by atoms with Gasteiger partial charge in [0.2, 0.25) is 0 Å². The van der Waals surface area contributed by atoms with E-state index in [1.54, 1.807) is 30.9 Å². The second-order valence-electron chi connectivity index (χ2n) is 5.74. The molecule has 7 heteroatoms. The van der Waals surface area contributed by atoms with Gasteiger partial charge in [-0.25, -0.2) is 4.39 Å². The van der Waals surface area contributed by atoms with E-state index in [2.05, 4.69) is 26.3 Å². The number of hydrogen-bond donors (Lipinski definition) is 3. The zero-order valence-electron chi connectivity index (χ0n) is 14.5. The fourth-order valence-electron chi connectivity index (χ4n) is 2.72. The lowest BCUT2D eigenvalue weighted by atomic mass is 9.96. The molecule has 0 spiro atoms. The third-order valence-electron chi connectivity index (χ3n) is 3.90. The van der Waals surface area contributed by atoms with Crippen molar-refractivity contribution in [2.24, 2.45) is 7.05 Å². The Morgan fingerprint density at radius 1 is 1.52 bits per heavy atom. The van der Waals surface area contributed by atoms with Crippen molar-refractivity contribution in [3.63, 3.8) is 0 Å². The maximum atomic E-state index is 13.6. The van der Waals surface area contributed by atoms with Crippen molar-refractivity contribution in [2.45, 2.75) is 26.4 Å². The number of allylic oxidation sites excluding steroid dienone is 1. The van der Waals surface area contributed by atoms with Gasteiger partial charge in [-0.05, 0) is 53.5 Å². The molecule has 1 aromatic carbocycles. The van der Waals surface area contributed by atoms with Gasteiger partial charge in [-0.1, -0.05) is 0 Å². The van der Waals surface area contributed by atoms with E-state index in [9.17, 15) is 9.50 Å². The molecule has 3 N–H and O–H groups in total. The number of nitrogens with one attached hydrogen (secondary N) is 2. The predicted molar refractivity (Wildman–Crippen MR) is 101 cm³/mol. The van der Waals surface area contributed by atoms with Crippen molar-refractivity contribution in [1.29, 1.82) is 5.41 Å². The van der Waals surface area contributed by atoms with E-state index < -0.39 is 11.9 Å². The van der Waals surface area contributed by atoms with E-state index in [0.717, 1.165) is 33.5 Å². The Morgan fingerprint density at radius 2 is 2.24 bits per heavy atom. The molecule has 2 rings (SSSR count). The molecule has 25 heavy (non-hydrogen) atoms. The van der Waals surface area contributed by atoms with Gasteiger partial charge >= 0.3 is 0 Å². The first-order chi connectivity index (χ1) is 11.9. The van der Waals surface area contributed by atoms with Crippen molar-refractivity contribution in [3.8, 4) is 11.3 Å². The molecule has 2 aromatic rings. The van der Waals surface area contributed by atoms with Gasteiger partial charge in [-0.2, -0.15) is 5.10 Å². The maximum absolute atomic E-state index is 13.6. The number of aromatic nitrogens is 2. The smallest absolute Gasteiger partial charge is 0.123 e. The molecule has 0 saturated carbocycles. The summed E-state index contributed by atoms with van der Waals surface area (Å²) in [4.78, 5) is 0. The molecule has 1 heterocycles. The van der Waals surface area contributed by atoms with Crippen LogP contribution in [0.2, 0.25) is 0 Å². The summed E-state index contributed by atoms with van der Waals surface area (Å²) in [7, 11) is 1.81. The molecular weight excluding hydrogens is 387 g/mol. The third-order valence-corrected chi connectivity index (χ3v) is 4.69. The van der Waals surface area contributed by atoms with Crippen LogP contribution < -0.4 is 5.32 Å². The van der Waals surface area contributed by atoms with E-state index >= 15 is 0 Å².